The predicted octanol–water partition coefficient (Wildman–Crippen LogP) is 4.77. The van der Waals surface area contributed by atoms with Gasteiger partial charge >= 0.3 is 0 Å². The van der Waals surface area contributed by atoms with Gasteiger partial charge in [0, 0.05) is 16.1 Å². The third-order valence-electron chi connectivity index (χ3n) is 3.35. The number of hydrazone groups is 1. The summed E-state index contributed by atoms with van der Waals surface area (Å²) < 4.78 is 6.71. The summed E-state index contributed by atoms with van der Waals surface area (Å²) in [6.45, 7) is 2.02. The van der Waals surface area contributed by atoms with Crippen molar-refractivity contribution in [3.05, 3.63) is 74.6 Å². The number of nitrogens with one attached hydrogen (secondary N) is 1. The minimum Gasteiger partial charge on any atom is -0.455 e. The van der Waals surface area contributed by atoms with Crippen LogP contribution in [0, 0.1) is 17.0 Å². The van der Waals surface area contributed by atoms with Crippen LogP contribution in [0.5, 0.6) is 0 Å². The number of anilines is 1. The van der Waals surface area contributed by atoms with E-state index < -0.39 is 4.92 Å². The minimum absolute atomic E-state index is 0.0751. The molecule has 0 aliphatic heterocycles. The molecule has 0 saturated heterocycles. The Morgan fingerprint density at radius 1 is 1.28 bits per heavy atom. The number of hydrogen-bond acceptors (Lipinski definition) is 6. The molecule has 8 heteroatoms. The van der Waals surface area contributed by atoms with Gasteiger partial charge in [-0.25, -0.2) is 4.98 Å². The summed E-state index contributed by atoms with van der Waals surface area (Å²) in [6.07, 6.45) is 2.67. The SMILES string of the molecule is Cc1ccc(-c2ccc(C=NNc3ccc([N+](=O)[O-])cn3)o2)c(Br)c1. The summed E-state index contributed by atoms with van der Waals surface area (Å²) in [4.78, 5) is 14.0. The topological polar surface area (TPSA) is 93.6 Å². The van der Waals surface area contributed by atoms with E-state index in [0.29, 0.717) is 11.6 Å². The van der Waals surface area contributed by atoms with Gasteiger partial charge in [0.15, 0.2) is 0 Å². The van der Waals surface area contributed by atoms with E-state index in [1.54, 1.807) is 6.07 Å². The fraction of sp³-hybridized carbons (Fsp3) is 0.0588. The third-order valence-corrected chi connectivity index (χ3v) is 4.00. The summed E-state index contributed by atoms with van der Waals surface area (Å²) in [6, 6.07) is 12.5. The summed E-state index contributed by atoms with van der Waals surface area (Å²) in [5.74, 6) is 1.69. The number of aromatic nitrogens is 1. The molecule has 0 fully saturated rings. The van der Waals surface area contributed by atoms with Gasteiger partial charge in [0.25, 0.3) is 5.69 Å². The monoisotopic (exact) mass is 400 g/mol. The minimum atomic E-state index is -0.506. The molecular formula is C17H13BrN4O3. The lowest BCUT2D eigenvalue weighted by Crippen LogP contribution is -1.94. The fourth-order valence-corrected chi connectivity index (χ4v) is 2.80. The highest BCUT2D eigenvalue weighted by molar-refractivity contribution is 9.10. The third kappa shape index (κ3) is 4.10. The normalized spacial score (nSPS) is 11.0. The maximum Gasteiger partial charge on any atom is 0.287 e. The molecule has 0 aliphatic carbocycles. The zero-order valence-corrected chi connectivity index (χ0v) is 14.7. The summed E-state index contributed by atoms with van der Waals surface area (Å²) in [7, 11) is 0. The Bertz CT molecular complexity index is 935. The largest absolute Gasteiger partial charge is 0.455 e. The first-order valence-corrected chi connectivity index (χ1v) is 8.08. The second-order valence-corrected chi connectivity index (χ2v) is 6.07. The zero-order valence-electron chi connectivity index (χ0n) is 13.1. The zero-order chi connectivity index (χ0) is 17.8. The van der Waals surface area contributed by atoms with Crippen molar-refractivity contribution in [1.29, 1.82) is 0 Å². The number of halogens is 1. The highest BCUT2D eigenvalue weighted by Gasteiger charge is 2.08. The molecule has 0 aliphatic rings. The number of rotatable bonds is 5. The van der Waals surface area contributed by atoms with E-state index in [-0.39, 0.29) is 5.69 Å². The van der Waals surface area contributed by atoms with Crippen molar-refractivity contribution in [2.24, 2.45) is 5.10 Å². The van der Waals surface area contributed by atoms with Crippen molar-refractivity contribution < 1.29 is 9.34 Å². The number of furan rings is 1. The van der Waals surface area contributed by atoms with Crippen molar-refractivity contribution in [2.45, 2.75) is 6.92 Å². The second kappa shape index (κ2) is 7.27. The molecule has 25 heavy (non-hydrogen) atoms. The number of nitrogens with zero attached hydrogens (tertiary/aromatic N) is 3. The smallest absolute Gasteiger partial charge is 0.287 e. The molecule has 0 spiro atoms. The van der Waals surface area contributed by atoms with Gasteiger partial charge in [0.2, 0.25) is 0 Å². The molecule has 7 nitrogen and oxygen atoms in total. The van der Waals surface area contributed by atoms with Crippen LogP contribution in [0.15, 0.2) is 62.7 Å². The highest BCUT2D eigenvalue weighted by Crippen LogP contribution is 2.30. The number of nitro groups is 1. The van der Waals surface area contributed by atoms with Crippen LogP contribution < -0.4 is 5.43 Å². The maximum absolute atomic E-state index is 10.6. The van der Waals surface area contributed by atoms with Gasteiger partial charge < -0.3 is 4.42 Å². The first kappa shape index (κ1) is 16.8. The molecule has 0 amide bonds. The Balaban J connectivity index is 1.68. The van der Waals surface area contributed by atoms with Gasteiger partial charge in [-0.15, -0.1) is 0 Å². The van der Waals surface area contributed by atoms with E-state index in [4.69, 9.17) is 4.42 Å². The summed E-state index contributed by atoms with van der Waals surface area (Å²) in [5.41, 5.74) is 4.73. The molecule has 0 saturated carbocycles. The van der Waals surface area contributed by atoms with Crippen LogP contribution in [-0.4, -0.2) is 16.1 Å². The van der Waals surface area contributed by atoms with Gasteiger partial charge in [-0.1, -0.05) is 22.0 Å². The molecule has 0 bridgehead atoms. The Hall–Kier alpha value is -3.00. The van der Waals surface area contributed by atoms with Gasteiger partial charge in [-0.05, 0) is 42.8 Å². The Kier molecular flexibility index (Phi) is 4.90. The lowest BCUT2D eigenvalue weighted by molar-refractivity contribution is -0.385. The van der Waals surface area contributed by atoms with E-state index >= 15 is 0 Å². The molecule has 1 N–H and O–H groups in total. The lowest BCUT2D eigenvalue weighted by atomic mass is 10.1. The summed E-state index contributed by atoms with van der Waals surface area (Å²) in [5, 5.41) is 14.6. The average molecular weight is 401 g/mol. The molecule has 0 radical (unpaired) electrons. The Morgan fingerprint density at radius 3 is 2.80 bits per heavy atom. The van der Waals surface area contributed by atoms with Gasteiger partial charge in [-0.3, -0.25) is 15.5 Å². The molecule has 2 heterocycles. The summed E-state index contributed by atoms with van der Waals surface area (Å²) >= 11 is 3.53. The lowest BCUT2D eigenvalue weighted by Gasteiger charge is -2.02. The van der Waals surface area contributed by atoms with E-state index in [0.717, 1.165) is 27.6 Å². The van der Waals surface area contributed by atoms with Crippen LogP contribution in [0.4, 0.5) is 11.5 Å². The van der Waals surface area contributed by atoms with Gasteiger partial charge in [0.1, 0.15) is 23.5 Å². The highest BCUT2D eigenvalue weighted by atomic mass is 79.9. The molecule has 2 aromatic heterocycles. The van der Waals surface area contributed by atoms with Crippen LogP contribution in [-0.2, 0) is 0 Å². The number of pyridine rings is 1. The van der Waals surface area contributed by atoms with Crippen molar-refractivity contribution >= 4 is 33.6 Å². The molecule has 0 unspecified atom stereocenters. The molecular weight excluding hydrogens is 388 g/mol. The van der Waals surface area contributed by atoms with Gasteiger partial charge in [-0.2, -0.15) is 5.10 Å². The molecule has 3 aromatic rings. The van der Waals surface area contributed by atoms with E-state index in [1.807, 2.05) is 31.2 Å². The second-order valence-electron chi connectivity index (χ2n) is 5.21. The molecule has 3 rings (SSSR count). The van der Waals surface area contributed by atoms with Crippen molar-refractivity contribution in [3.8, 4) is 11.3 Å². The number of benzene rings is 1. The van der Waals surface area contributed by atoms with Crippen molar-refractivity contribution in [2.75, 3.05) is 5.43 Å². The first-order chi connectivity index (χ1) is 12.0. The van der Waals surface area contributed by atoms with Crippen LogP contribution in [0.1, 0.15) is 11.3 Å². The predicted molar refractivity (Wildman–Crippen MR) is 98.7 cm³/mol. The first-order valence-electron chi connectivity index (χ1n) is 7.29. The van der Waals surface area contributed by atoms with Crippen LogP contribution in [0.2, 0.25) is 0 Å². The van der Waals surface area contributed by atoms with Crippen LogP contribution >= 0.6 is 15.9 Å². The fourth-order valence-electron chi connectivity index (χ4n) is 2.11. The molecule has 0 atom stereocenters. The average Bonchev–Trinajstić information content (AvgIpc) is 3.04. The Labute approximate surface area is 151 Å². The number of aryl methyl sites for hydroxylation is 1. The van der Waals surface area contributed by atoms with E-state index in [9.17, 15) is 10.1 Å². The van der Waals surface area contributed by atoms with E-state index in [2.05, 4.69) is 31.4 Å². The number of hydrogen-bond donors (Lipinski definition) is 1. The van der Waals surface area contributed by atoms with Crippen LogP contribution in [0.25, 0.3) is 11.3 Å². The molecule has 1 aromatic carbocycles. The van der Waals surface area contributed by atoms with Crippen molar-refractivity contribution in [3.63, 3.8) is 0 Å². The van der Waals surface area contributed by atoms with Crippen LogP contribution in [0.3, 0.4) is 0 Å². The van der Waals surface area contributed by atoms with Crippen molar-refractivity contribution in [1.82, 2.24) is 4.98 Å². The van der Waals surface area contributed by atoms with Gasteiger partial charge in [0.05, 0.1) is 11.1 Å². The van der Waals surface area contributed by atoms with E-state index in [1.165, 1.54) is 18.3 Å². The molecule has 126 valence electrons. The Morgan fingerprint density at radius 2 is 2.12 bits per heavy atom. The maximum atomic E-state index is 10.6. The standard InChI is InChI=1S/C17H13BrN4O3/c1-11-2-5-14(15(18)8-11)16-6-4-13(25-16)10-20-21-17-7-3-12(9-19-17)22(23)24/h2-10H,1H3,(H,19,21). The quantitative estimate of drug-likeness (QED) is 0.378.